The highest BCUT2D eigenvalue weighted by molar-refractivity contribution is 5.79. The Morgan fingerprint density at radius 2 is 1.92 bits per heavy atom. The van der Waals surface area contributed by atoms with E-state index < -0.39 is 0 Å². The first-order valence-corrected chi connectivity index (χ1v) is 8.91. The fourth-order valence-electron chi connectivity index (χ4n) is 2.65. The van der Waals surface area contributed by atoms with Crippen molar-refractivity contribution in [1.82, 2.24) is 10.6 Å². The van der Waals surface area contributed by atoms with E-state index in [1.807, 2.05) is 56.3 Å². The second-order valence-corrected chi connectivity index (χ2v) is 5.82. The maximum atomic E-state index is 5.54. The van der Waals surface area contributed by atoms with Crippen molar-refractivity contribution < 1.29 is 14.2 Å². The van der Waals surface area contributed by atoms with Gasteiger partial charge in [0.05, 0.1) is 13.2 Å². The van der Waals surface area contributed by atoms with Crippen molar-refractivity contribution >= 4 is 5.96 Å². The number of benzene rings is 2. The van der Waals surface area contributed by atoms with Crippen molar-refractivity contribution in [2.45, 2.75) is 26.9 Å². The van der Waals surface area contributed by atoms with Crippen LogP contribution in [0.5, 0.6) is 17.2 Å². The lowest BCUT2D eigenvalue weighted by Gasteiger charge is -2.12. The van der Waals surface area contributed by atoms with Crippen LogP contribution >= 0.6 is 0 Å². The lowest BCUT2D eigenvalue weighted by atomic mass is 10.2. The Morgan fingerprint density at radius 1 is 1.04 bits per heavy atom. The Hall–Kier alpha value is -2.89. The Labute approximate surface area is 154 Å². The number of nitrogens with zero attached hydrogens (tertiary/aromatic N) is 1. The molecular weight excluding hydrogens is 330 g/mol. The molecule has 0 aromatic heterocycles. The largest absolute Gasteiger partial charge is 0.494 e. The van der Waals surface area contributed by atoms with Crippen LogP contribution in [-0.4, -0.2) is 25.9 Å². The minimum absolute atomic E-state index is 0.289. The van der Waals surface area contributed by atoms with Gasteiger partial charge in [0.15, 0.2) is 17.5 Å². The van der Waals surface area contributed by atoms with Crippen LogP contribution in [0, 0.1) is 0 Å². The van der Waals surface area contributed by atoms with E-state index in [0.29, 0.717) is 19.7 Å². The summed E-state index contributed by atoms with van der Waals surface area (Å²) < 4.78 is 16.3. The van der Waals surface area contributed by atoms with Crippen molar-refractivity contribution in [2.24, 2.45) is 4.99 Å². The molecule has 2 aromatic carbocycles. The number of fused-ring (bicyclic) bond motifs is 1. The third-order valence-corrected chi connectivity index (χ3v) is 3.87. The van der Waals surface area contributed by atoms with Gasteiger partial charge in [0, 0.05) is 13.1 Å². The van der Waals surface area contributed by atoms with E-state index in [0.717, 1.165) is 40.9 Å². The number of ether oxygens (including phenoxy) is 3. The van der Waals surface area contributed by atoms with Gasteiger partial charge in [0.25, 0.3) is 0 Å². The zero-order chi connectivity index (χ0) is 18.2. The first-order chi connectivity index (χ1) is 12.8. The van der Waals surface area contributed by atoms with E-state index in [4.69, 9.17) is 14.2 Å². The molecule has 0 spiro atoms. The van der Waals surface area contributed by atoms with E-state index in [1.165, 1.54) is 0 Å². The number of hydrogen-bond donors (Lipinski definition) is 2. The molecule has 2 aromatic rings. The lowest BCUT2D eigenvalue weighted by Crippen LogP contribution is -2.36. The fraction of sp³-hybridized carbons (Fsp3) is 0.350. The average molecular weight is 355 g/mol. The van der Waals surface area contributed by atoms with Crippen molar-refractivity contribution in [3.63, 3.8) is 0 Å². The van der Waals surface area contributed by atoms with Crippen LogP contribution < -0.4 is 24.8 Å². The number of guanidine groups is 1. The second-order valence-electron chi connectivity index (χ2n) is 5.82. The highest BCUT2D eigenvalue weighted by Gasteiger charge is 2.13. The van der Waals surface area contributed by atoms with Gasteiger partial charge in [0.1, 0.15) is 5.75 Å². The molecule has 0 aliphatic carbocycles. The summed E-state index contributed by atoms with van der Waals surface area (Å²) in [6, 6.07) is 14.0. The topological polar surface area (TPSA) is 64.1 Å². The highest BCUT2D eigenvalue weighted by atomic mass is 16.7. The van der Waals surface area contributed by atoms with Gasteiger partial charge in [-0.2, -0.15) is 0 Å². The first-order valence-electron chi connectivity index (χ1n) is 8.91. The van der Waals surface area contributed by atoms with Crippen molar-refractivity contribution in [2.75, 3.05) is 19.9 Å². The van der Waals surface area contributed by atoms with Crippen LogP contribution in [0.15, 0.2) is 47.5 Å². The number of rotatable bonds is 7. The van der Waals surface area contributed by atoms with Gasteiger partial charge in [-0.25, -0.2) is 4.99 Å². The van der Waals surface area contributed by atoms with Crippen LogP contribution in [0.4, 0.5) is 0 Å². The molecule has 0 fully saturated rings. The molecule has 0 unspecified atom stereocenters. The quantitative estimate of drug-likeness (QED) is 0.590. The van der Waals surface area contributed by atoms with Crippen LogP contribution in [0.1, 0.15) is 25.0 Å². The van der Waals surface area contributed by atoms with Gasteiger partial charge in [0.2, 0.25) is 6.79 Å². The van der Waals surface area contributed by atoms with Crippen LogP contribution in [0.3, 0.4) is 0 Å². The van der Waals surface area contributed by atoms with Gasteiger partial charge in [-0.1, -0.05) is 18.2 Å². The summed E-state index contributed by atoms with van der Waals surface area (Å²) in [7, 11) is 0. The summed E-state index contributed by atoms with van der Waals surface area (Å²) >= 11 is 0. The molecule has 1 heterocycles. The third-order valence-electron chi connectivity index (χ3n) is 3.87. The van der Waals surface area contributed by atoms with Gasteiger partial charge in [-0.05, 0) is 49.2 Å². The third kappa shape index (κ3) is 4.81. The summed E-state index contributed by atoms with van der Waals surface area (Å²) in [6.07, 6.45) is 0. The molecule has 1 aliphatic heterocycles. The lowest BCUT2D eigenvalue weighted by molar-refractivity contribution is 0.174. The highest BCUT2D eigenvalue weighted by Crippen LogP contribution is 2.32. The van der Waals surface area contributed by atoms with Gasteiger partial charge >= 0.3 is 0 Å². The van der Waals surface area contributed by atoms with Gasteiger partial charge in [-0.3, -0.25) is 0 Å². The smallest absolute Gasteiger partial charge is 0.231 e. The average Bonchev–Trinajstić information content (AvgIpc) is 3.12. The SMILES string of the molecule is CCNC(=NCc1cccc(OCC)c1)NCc1ccc2c(c1)OCO2. The molecule has 2 N–H and O–H groups in total. The molecule has 0 radical (unpaired) electrons. The van der Waals surface area contributed by atoms with E-state index in [-0.39, 0.29) is 6.79 Å². The number of nitrogens with one attached hydrogen (secondary N) is 2. The Kier molecular flexibility index (Phi) is 6.19. The van der Waals surface area contributed by atoms with E-state index in [2.05, 4.69) is 15.6 Å². The summed E-state index contributed by atoms with van der Waals surface area (Å²) in [5.41, 5.74) is 2.22. The summed E-state index contributed by atoms with van der Waals surface area (Å²) in [6.45, 7) is 7.01. The minimum Gasteiger partial charge on any atom is -0.494 e. The Balaban J connectivity index is 1.61. The van der Waals surface area contributed by atoms with Gasteiger partial charge < -0.3 is 24.8 Å². The van der Waals surface area contributed by atoms with Crippen LogP contribution in [0.2, 0.25) is 0 Å². The number of hydrogen-bond acceptors (Lipinski definition) is 4. The monoisotopic (exact) mass is 355 g/mol. The second kappa shape index (κ2) is 8.99. The molecule has 1 aliphatic rings. The fourth-order valence-corrected chi connectivity index (χ4v) is 2.65. The maximum Gasteiger partial charge on any atom is 0.231 e. The molecular formula is C20H25N3O3. The summed E-state index contributed by atoms with van der Waals surface area (Å²) in [5.74, 6) is 3.23. The summed E-state index contributed by atoms with van der Waals surface area (Å²) in [4.78, 5) is 4.66. The molecule has 6 nitrogen and oxygen atoms in total. The Morgan fingerprint density at radius 3 is 2.77 bits per heavy atom. The maximum absolute atomic E-state index is 5.54. The first kappa shape index (κ1) is 17.9. The van der Waals surface area contributed by atoms with Crippen molar-refractivity contribution in [3.8, 4) is 17.2 Å². The molecule has 0 atom stereocenters. The van der Waals surface area contributed by atoms with Crippen LogP contribution in [-0.2, 0) is 13.1 Å². The van der Waals surface area contributed by atoms with Crippen molar-refractivity contribution in [1.29, 1.82) is 0 Å². The molecule has 6 heteroatoms. The number of aliphatic imine (C=N–C) groups is 1. The van der Waals surface area contributed by atoms with E-state index >= 15 is 0 Å². The summed E-state index contributed by atoms with van der Waals surface area (Å²) in [5, 5.41) is 6.62. The van der Waals surface area contributed by atoms with Gasteiger partial charge in [-0.15, -0.1) is 0 Å². The molecule has 0 saturated carbocycles. The normalized spacial score (nSPS) is 12.8. The zero-order valence-electron chi connectivity index (χ0n) is 15.2. The predicted octanol–water partition coefficient (Wildman–Crippen LogP) is 3.07. The van der Waals surface area contributed by atoms with Crippen molar-refractivity contribution in [3.05, 3.63) is 53.6 Å². The molecule has 138 valence electrons. The van der Waals surface area contributed by atoms with E-state index in [9.17, 15) is 0 Å². The molecule has 0 bridgehead atoms. The minimum atomic E-state index is 0.289. The molecule has 26 heavy (non-hydrogen) atoms. The predicted molar refractivity (Wildman–Crippen MR) is 102 cm³/mol. The standard InChI is InChI=1S/C20H25N3O3/c1-3-21-20(22-12-15-6-5-7-17(10-15)24-4-2)23-13-16-8-9-18-19(11-16)26-14-25-18/h5-11H,3-4,12-14H2,1-2H3,(H2,21,22,23). The van der Waals surface area contributed by atoms with E-state index in [1.54, 1.807) is 0 Å². The van der Waals surface area contributed by atoms with Crippen LogP contribution in [0.25, 0.3) is 0 Å². The zero-order valence-corrected chi connectivity index (χ0v) is 15.2. The molecule has 0 amide bonds. The molecule has 0 saturated heterocycles. The molecule has 3 rings (SSSR count). The Bertz CT molecular complexity index is 762.